The molecule has 0 aromatic carbocycles. The van der Waals surface area contributed by atoms with Gasteiger partial charge in [-0.25, -0.2) is 0 Å². The van der Waals surface area contributed by atoms with Gasteiger partial charge in [0.15, 0.2) is 5.78 Å². The molecule has 0 N–H and O–H groups in total. The summed E-state index contributed by atoms with van der Waals surface area (Å²) in [6, 6.07) is 4.03. The van der Waals surface area contributed by atoms with Crippen molar-refractivity contribution >= 4 is 17.8 Å². The predicted molar refractivity (Wildman–Crippen MR) is 186 cm³/mol. The molecule has 5 aliphatic carbocycles. The summed E-state index contributed by atoms with van der Waals surface area (Å²) in [6.07, 6.45) is 17.0. The van der Waals surface area contributed by atoms with Crippen LogP contribution in [0.2, 0.25) is 0 Å². The van der Waals surface area contributed by atoms with Gasteiger partial charge in [-0.3, -0.25) is 14.6 Å². The Labute approximate surface area is 278 Å². The molecule has 1 aliphatic heterocycles. The van der Waals surface area contributed by atoms with Crippen LogP contribution in [-0.4, -0.2) is 59.7 Å². The van der Waals surface area contributed by atoms with Crippen LogP contribution in [0.15, 0.2) is 41.7 Å². The van der Waals surface area contributed by atoms with Crippen molar-refractivity contribution in [1.29, 1.82) is 0 Å². The van der Waals surface area contributed by atoms with E-state index in [-0.39, 0.29) is 21.7 Å². The lowest BCUT2D eigenvalue weighted by molar-refractivity contribution is -0.184. The predicted octanol–water partition coefficient (Wildman–Crippen LogP) is 8.08. The minimum absolute atomic E-state index is 0.0269. The molecule has 0 bridgehead atoms. The molecule has 1 aromatic heterocycles. The lowest BCUT2D eigenvalue weighted by Crippen LogP contribution is -2.66. The van der Waals surface area contributed by atoms with Gasteiger partial charge >= 0.3 is 0 Å². The number of fused-ring (bicyclic) bond motifs is 7. The summed E-state index contributed by atoms with van der Waals surface area (Å²) in [5, 5.41) is 0. The Hall–Kier alpha value is -2.27. The topological polar surface area (TPSA) is 53.5 Å². The van der Waals surface area contributed by atoms with Crippen molar-refractivity contribution in [3.8, 4) is 0 Å². The molecule has 7 rings (SSSR count). The van der Waals surface area contributed by atoms with Crippen LogP contribution < -0.4 is 0 Å². The number of allylic oxidation sites excluding steroid dienone is 3. The van der Waals surface area contributed by atoms with Crippen LogP contribution >= 0.6 is 0 Å². The third-order valence-electron chi connectivity index (χ3n) is 15.8. The van der Waals surface area contributed by atoms with Gasteiger partial charge in [0.2, 0.25) is 5.91 Å². The number of Topliss-reactive ketones (excluding diaryl/α,β-unsaturated/α-hetero) is 1. The van der Waals surface area contributed by atoms with E-state index in [1.807, 2.05) is 12.3 Å². The first-order valence-corrected chi connectivity index (χ1v) is 18.5. The zero-order valence-electron chi connectivity index (χ0n) is 30.0. The van der Waals surface area contributed by atoms with E-state index >= 15 is 0 Å². The summed E-state index contributed by atoms with van der Waals surface area (Å²) in [4.78, 5) is 37.8. The van der Waals surface area contributed by atoms with Crippen LogP contribution in [0.1, 0.15) is 105 Å². The highest BCUT2D eigenvalue weighted by Gasteiger charge is 2.70. The maximum atomic E-state index is 14.8. The molecule has 46 heavy (non-hydrogen) atoms. The van der Waals surface area contributed by atoms with E-state index in [9.17, 15) is 9.59 Å². The molecule has 5 nitrogen and oxygen atoms in total. The quantitative estimate of drug-likeness (QED) is 0.246. The van der Waals surface area contributed by atoms with Crippen LogP contribution in [0, 0.1) is 56.7 Å². The number of hydrogen-bond acceptors (Lipinski definition) is 4. The summed E-state index contributed by atoms with van der Waals surface area (Å²) in [5.41, 5.74) is 3.21. The number of piperazine rings is 1. The Morgan fingerprint density at radius 2 is 1.70 bits per heavy atom. The van der Waals surface area contributed by atoms with Crippen LogP contribution in [0.4, 0.5) is 0 Å². The van der Waals surface area contributed by atoms with Gasteiger partial charge in [-0.05, 0) is 128 Å². The van der Waals surface area contributed by atoms with Crippen molar-refractivity contribution < 1.29 is 9.59 Å². The van der Waals surface area contributed by atoms with Gasteiger partial charge in [0, 0.05) is 44.0 Å². The van der Waals surface area contributed by atoms with Crippen molar-refractivity contribution in [3.05, 3.63) is 47.3 Å². The fraction of sp³-hybridized carbons (Fsp3) is 0.732. The number of pyridine rings is 1. The Morgan fingerprint density at radius 3 is 2.39 bits per heavy atom. The monoisotopic (exact) mass is 625 g/mol. The van der Waals surface area contributed by atoms with Gasteiger partial charge in [0.05, 0.1) is 5.41 Å². The first kappa shape index (κ1) is 32.3. The number of ketones is 1. The van der Waals surface area contributed by atoms with Crippen LogP contribution in [-0.2, 0) is 9.59 Å². The molecule has 0 spiro atoms. The third-order valence-corrected chi connectivity index (χ3v) is 15.8. The molecule has 1 amide bonds. The van der Waals surface area contributed by atoms with E-state index in [0.717, 1.165) is 82.3 Å². The molecular weight excluding hydrogens is 566 g/mol. The smallest absolute Gasteiger partial charge is 0.229 e. The highest BCUT2D eigenvalue weighted by Crippen LogP contribution is 2.76. The molecule has 9 atom stereocenters. The first-order valence-electron chi connectivity index (χ1n) is 18.5. The molecule has 1 aromatic rings. The minimum Gasteiger partial charge on any atom is -0.340 e. The maximum absolute atomic E-state index is 14.8. The molecule has 5 heteroatoms. The average molecular weight is 626 g/mol. The molecular formula is C41H59N3O2. The molecule has 0 radical (unpaired) electrons. The molecule has 0 unspecified atom stereocenters. The van der Waals surface area contributed by atoms with Crippen molar-refractivity contribution in [2.45, 2.75) is 99.8 Å². The van der Waals surface area contributed by atoms with E-state index in [0.29, 0.717) is 41.3 Å². The Morgan fingerprint density at radius 1 is 0.957 bits per heavy atom. The molecule has 2 heterocycles. The van der Waals surface area contributed by atoms with Crippen LogP contribution in [0.25, 0.3) is 6.08 Å². The molecule has 6 aliphatic rings. The molecule has 4 saturated carbocycles. The van der Waals surface area contributed by atoms with Crippen LogP contribution in [0.5, 0.6) is 0 Å². The van der Waals surface area contributed by atoms with E-state index in [1.54, 1.807) is 11.8 Å². The second-order valence-corrected chi connectivity index (χ2v) is 18.1. The van der Waals surface area contributed by atoms with E-state index < -0.39 is 5.41 Å². The summed E-state index contributed by atoms with van der Waals surface area (Å²) in [7, 11) is 2.18. The number of amides is 1. The standard InChI is InChI=1S/C41H59N3O2/c1-27-13-16-41(36(46)44-22-20-43(8)21-23-44)18-17-39(6)31(34(41)28(27)2)11-12-33-38(5)25-30(24-29-10-9-19-42-26-29)35(45)37(3,4)32(38)14-15-40(33,39)7/h9-11,19,24,26-28,32-34H,12-18,20-23,25H2,1-8H3/b30-24-/t27-,28+,32+,33-,34+,38+,39-,40-,41+/m1/s1. The summed E-state index contributed by atoms with van der Waals surface area (Å²) in [6.45, 7) is 20.9. The van der Waals surface area contributed by atoms with Gasteiger partial charge < -0.3 is 9.80 Å². The third kappa shape index (κ3) is 4.38. The number of carbonyl (C=O) groups excluding carboxylic acids is 2. The van der Waals surface area contributed by atoms with Gasteiger partial charge in [0.1, 0.15) is 0 Å². The second-order valence-electron chi connectivity index (χ2n) is 18.1. The van der Waals surface area contributed by atoms with Crippen molar-refractivity contribution in [3.63, 3.8) is 0 Å². The zero-order chi connectivity index (χ0) is 32.9. The Bertz CT molecular complexity index is 1450. The van der Waals surface area contributed by atoms with Gasteiger partial charge in [-0.1, -0.05) is 66.2 Å². The number of rotatable bonds is 2. The lowest BCUT2D eigenvalue weighted by Gasteiger charge is -2.71. The van der Waals surface area contributed by atoms with Gasteiger partial charge in [-0.15, -0.1) is 0 Å². The molecule has 5 fully saturated rings. The summed E-state index contributed by atoms with van der Waals surface area (Å²) >= 11 is 0. The highest BCUT2D eigenvalue weighted by molar-refractivity contribution is 6.04. The van der Waals surface area contributed by atoms with E-state index in [2.05, 4.69) is 88.5 Å². The van der Waals surface area contributed by atoms with Crippen molar-refractivity contribution in [2.75, 3.05) is 33.2 Å². The first-order chi connectivity index (χ1) is 21.7. The average Bonchev–Trinajstić information content (AvgIpc) is 3.02. The Kier molecular flexibility index (Phi) is 7.63. The van der Waals surface area contributed by atoms with Crippen molar-refractivity contribution in [1.82, 2.24) is 14.8 Å². The maximum Gasteiger partial charge on any atom is 0.229 e. The fourth-order valence-electron chi connectivity index (χ4n) is 12.8. The fourth-order valence-corrected chi connectivity index (χ4v) is 12.8. The largest absolute Gasteiger partial charge is 0.340 e. The number of likely N-dealkylation sites (N-methyl/N-ethyl adjacent to an activating group) is 1. The minimum atomic E-state index is -0.392. The summed E-state index contributed by atoms with van der Waals surface area (Å²) < 4.78 is 0. The summed E-state index contributed by atoms with van der Waals surface area (Å²) in [5.74, 6) is 3.12. The number of carbonyl (C=O) groups is 2. The SMILES string of the molecule is C[C@H]1[C@H](C)CC[C@]2(C(=O)N3CCN(C)CC3)CC[C@]3(C)C(=CC[C@@H]4[C@@]5(C)C/C(=C/c6cccnc6)C(=O)C(C)(C)[C@@H]5CC[C@]43C)[C@H]12. The van der Waals surface area contributed by atoms with Crippen LogP contribution in [0.3, 0.4) is 0 Å². The van der Waals surface area contributed by atoms with Gasteiger partial charge in [0.25, 0.3) is 0 Å². The van der Waals surface area contributed by atoms with Crippen molar-refractivity contribution in [2.24, 2.45) is 56.7 Å². The van der Waals surface area contributed by atoms with Gasteiger partial charge in [-0.2, -0.15) is 0 Å². The Balaban J connectivity index is 1.29. The normalized spacial score (nSPS) is 44.8. The highest BCUT2D eigenvalue weighted by atomic mass is 16.2. The zero-order valence-corrected chi connectivity index (χ0v) is 30.0. The number of nitrogens with zero attached hydrogens (tertiary/aromatic N) is 3. The molecule has 250 valence electrons. The number of hydrogen-bond donors (Lipinski definition) is 0. The molecule has 1 saturated heterocycles. The number of aromatic nitrogens is 1. The van der Waals surface area contributed by atoms with E-state index in [1.165, 1.54) is 6.42 Å². The van der Waals surface area contributed by atoms with E-state index in [4.69, 9.17) is 0 Å². The lowest BCUT2D eigenvalue weighted by atomic mass is 9.33. The second kappa shape index (κ2) is 10.9.